The van der Waals surface area contributed by atoms with Crippen molar-refractivity contribution in [2.75, 3.05) is 6.61 Å². The topological polar surface area (TPSA) is 75.6 Å². The van der Waals surface area contributed by atoms with Gasteiger partial charge in [-0.1, -0.05) is 6.07 Å². The molecule has 8 heteroatoms. The van der Waals surface area contributed by atoms with Gasteiger partial charge < -0.3 is 15.2 Å². The van der Waals surface area contributed by atoms with Crippen LogP contribution < -0.4 is 10.1 Å². The molecule has 0 fully saturated rings. The van der Waals surface area contributed by atoms with Crippen LogP contribution >= 0.6 is 0 Å². The van der Waals surface area contributed by atoms with E-state index in [1.807, 2.05) is 5.32 Å². The molecule has 0 aliphatic heterocycles. The number of nitrogens with one attached hydrogen (secondary N) is 1. The van der Waals surface area contributed by atoms with Crippen LogP contribution in [0.3, 0.4) is 0 Å². The molecule has 0 aliphatic rings. The molecule has 0 saturated carbocycles. The van der Waals surface area contributed by atoms with E-state index >= 15 is 0 Å². The summed E-state index contributed by atoms with van der Waals surface area (Å²) in [5.74, 6) is -2.29. The van der Waals surface area contributed by atoms with Crippen molar-refractivity contribution < 1.29 is 32.6 Å². The summed E-state index contributed by atoms with van der Waals surface area (Å²) in [4.78, 5) is 22.6. The number of carbonyl (C=O) groups is 2. The molecule has 1 amide bonds. The predicted molar refractivity (Wildman–Crippen MR) is 67.2 cm³/mol. The van der Waals surface area contributed by atoms with Gasteiger partial charge in [0.2, 0.25) is 0 Å². The Morgan fingerprint density at radius 2 is 2.05 bits per heavy atom. The van der Waals surface area contributed by atoms with Gasteiger partial charge in [-0.3, -0.25) is 4.79 Å². The number of ether oxygens (including phenoxy) is 1. The fraction of sp³-hybridized carbons (Fsp3) is 0.385. The quantitative estimate of drug-likeness (QED) is 0.845. The standard InChI is InChI=1S/C13H14F3NO4/c1-2-21-9-5-3-4-8(6-9)11(18)17-10(12(19)20)7-13(14,15)16/h3-6,10H,2,7H2,1H3,(H,17,18)(H,19,20). The molecule has 0 radical (unpaired) electrons. The summed E-state index contributed by atoms with van der Waals surface area (Å²) in [5, 5.41) is 10.6. The van der Waals surface area contributed by atoms with Crippen molar-refractivity contribution in [2.45, 2.75) is 25.6 Å². The van der Waals surface area contributed by atoms with Crippen LogP contribution in [0.4, 0.5) is 13.2 Å². The Labute approximate surface area is 118 Å². The number of carbonyl (C=O) groups excluding carboxylic acids is 1. The van der Waals surface area contributed by atoms with Gasteiger partial charge in [0.25, 0.3) is 5.91 Å². The van der Waals surface area contributed by atoms with E-state index in [2.05, 4.69) is 0 Å². The van der Waals surface area contributed by atoms with Crippen LogP contribution in [0, 0.1) is 0 Å². The van der Waals surface area contributed by atoms with Gasteiger partial charge in [-0.25, -0.2) is 4.79 Å². The molecule has 0 heterocycles. The van der Waals surface area contributed by atoms with Crippen LogP contribution in [-0.4, -0.2) is 35.8 Å². The zero-order valence-corrected chi connectivity index (χ0v) is 11.1. The second kappa shape index (κ2) is 6.96. The van der Waals surface area contributed by atoms with Crippen molar-refractivity contribution in [1.82, 2.24) is 5.32 Å². The van der Waals surface area contributed by atoms with Crippen molar-refractivity contribution in [1.29, 1.82) is 0 Å². The Morgan fingerprint density at radius 3 is 2.57 bits per heavy atom. The lowest BCUT2D eigenvalue weighted by Crippen LogP contribution is -2.43. The SMILES string of the molecule is CCOc1cccc(C(=O)NC(CC(F)(F)F)C(=O)O)c1. The molecule has 0 bridgehead atoms. The van der Waals surface area contributed by atoms with Gasteiger partial charge in [0, 0.05) is 5.56 Å². The average molecular weight is 305 g/mol. The summed E-state index contributed by atoms with van der Waals surface area (Å²) in [6.45, 7) is 2.09. The lowest BCUT2D eigenvalue weighted by molar-refractivity contribution is -0.157. The van der Waals surface area contributed by atoms with Crippen molar-refractivity contribution >= 4 is 11.9 Å². The first-order valence-corrected chi connectivity index (χ1v) is 6.06. The molecule has 0 aliphatic carbocycles. The van der Waals surface area contributed by atoms with Crippen molar-refractivity contribution in [3.63, 3.8) is 0 Å². The molecule has 1 unspecified atom stereocenters. The van der Waals surface area contributed by atoms with E-state index in [0.29, 0.717) is 12.4 Å². The Bertz CT molecular complexity index is 516. The van der Waals surface area contributed by atoms with E-state index < -0.39 is 30.5 Å². The first kappa shape index (κ1) is 16.8. The Hall–Kier alpha value is -2.25. The monoisotopic (exact) mass is 305 g/mol. The zero-order valence-electron chi connectivity index (χ0n) is 11.1. The molecule has 21 heavy (non-hydrogen) atoms. The molecule has 1 aromatic rings. The molecular weight excluding hydrogens is 291 g/mol. The molecule has 1 atom stereocenters. The number of rotatable bonds is 6. The largest absolute Gasteiger partial charge is 0.494 e. The molecule has 1 rings (SSSR count). The number of carboxylic acid groups (broad SMARTS) is 1. The average Bonchev–Trinajstić information content (AvgIpc) is 2.37. The van der Waals surface area contributed by atoms with Crippen molar-refractivity contribution in [3.05, 3.63) is 29.8 Å². The third-order valence-electron chi connectivity index (χ3n) is 2.45. The highest BCUT2D eigenvalue weighted by atomic mass is 19.4. The lowest BCUT2D eigenvalue weighted by atomic mass is 10.1. The number of benzene rings is 1. The number of halogens is 3. The van der Waals surface area contributed by atoms with Gasteiger partial charge in [-0.15, -0.1) is 0 Å². The van der Waals surface area contributed by atoms with Crippen LogP contribution in [0.15, 0.2) is 24.3 Å². The zero-order chi connectivity index (χ0) is 16.0. The number of hydrogen-bond acceptors (Lipinski definition) is 3. The normalized spacial score (nSPS) is 12.6. The summed E-state index contributed by atoms with van der Waals surface area (Å²) >= 11 is 0. The fourth-order valence-electron chi connectivity index (χ4n) is 1.57. The van der Waals surface area contributed by atoms with E-state index in [1.54, 1.807) is 13.0 Å². The minimum atomic E-state index is -4.69. The number of carboxylic acids is 1. The second-order valence-electron chi connectivity index (χ2n) is 4.14. The molecule has 1 aromatic carbocycles. The van der Waals surface area contributed by atoms with Gasteiger partial charge in [0.15, 0.2) is 0 Å². The summed E-state index contributed by atoms with van der Waals surface area (Å²) in [7, 11) is 0. The minimum absolute atomic E-state index is 0.0226. The molecule has 0 saturated heterocycles. The van der Waals surface area contributed by atoms with E-state index in [9.17, 15) is 22.8 Å². The highest BCUT2D eigenvalue weighted by molar-refractivity contribution is 5.96. The van der Waals surface area contributed by atoms with E-state index in [4.69, 9.17) is 9.84 Å². The molecule has 0 aromatic heterocycles. The molecule has 116 valence electrons. The van der Waals surface area contributed by atoms with Gasteiger partial charge in [-0.05, 0) is 25.1 Å². The molecule has 2 N–H and O–H groups in total. The minimum Gasteiger partial charge on any atom is -0.494 e. The summed E-state index contributed by atoms with van der Waals surface area (Å²) in [5.41, 5.74) is 0.0226. The fourth-order valence-corrected chi connectivity index (χ4v) is 1.57. The Kier molecular flexibility index (Phi) is 5.57. The van der Waals surface area contributed by atoms with Crippen molar-refractivity contribution in [2.24, 2.45) is 0 Å². The van der Waals surface area contributed by atoms with Gasteiger partial charge in [0.05, 0.1) is 13.0 Å². The summed E-state index contributed by atoms with van der Waals surface area (Å²) in [6, 6.07) is 3.70. The van der Waals surface area contributed by atoms with E-state index in [1.165, 1.54) is 18.2 Å². The highest BCUT2D eigenvalue weighted by Crippen LogP contribution is 2.22. The third-order valence-corrected chi connectivity index (χ3v) is 2.45. The second-order valence-corrected chi connectivity index (χ2v) is 4.14. The first-order valence-electron chi connectivity index (χ1n) is 6.06. The van der Waals surface area contributed by atoms with E-state index in [0.717, 1.165) is 0 Å². The number of aliphatic carboxylic acids is 1. The smallest absolute Gasteiger partial charge is 0.391 e. The molecular formula is C13H14F3NO4. The Balaban J connectivity index is 2.82. The summed E-state index contributed by atoms with van der Waals surface area (Å²) < 4.78 is 41.9. The third kappa shape index (κ3) is 5.72. The predicted octanol–water partition coefficient (Wildman–Crippen LogP) is 2.22. The van der Waals surface area contributed by atoms with E-state index in [-0.39, 0.29) is 5.56 Å². The van der Waals surface area contributed by atoms with Crippen LogP contribution in [-0.2, 0) is 4.79 Å². The van der Waals surface area contributed by atoms with Gasteiger partial charge in [-0.2, -0.15) is 13.2 Å². The Morgan fingerprint density at radius 1 is 1.38 bits per heavy atom. The van der Waals surface area contributed by atoms with Crippen LogP contribution in [0.25, 0.3) is 0 Å². The highest BCUT2D eigenvalue weighted by Gasteiger charge is 2.36. The van der Waals surface area contributed by atoms with Crippen LogP contribution in [0.2, 0.25) is 0 Å². The number of hydrogen-bond donors (Lipinski definition) is 2. The molecule has 5 nitrogen and oxygen atoms in total. The summed E-state index contributed by atoms with van der Waals surface area (Å²) in [6.07, 6.45) is -6.33. The molecule has 0 spiro atoms. The maximum absolute atomic E-state index is 12.2. The maximum Gasteiger partial charge on any atom is 0.391 e. The van der Waals surface area contributed by atoms with Gasteiger partial charge in [0.1, 0.15) is 11.8 Å². The number of alkyl halides is 3. The van der Waals surface area contributed by atoms with Crippen LogP contribution in [0.1, 0.15) is 23.7 Å². The van der Waals surface area contributed by atoms with Gasteiger partial charge >= 0.3 is 12.1 Å². The number of amides is 1. The maximum atomic E-state index is 12.2. The van der Waals surface area contributed by atoms with Crippen LogP contribution in [0.5, 0.6) is 5.75 Å². The lowest BCUT2D eigenvalue weighted by Gasteiger charge is -2.16. The first-order chi connectivity index (χ1) is 9.73. The van der Waals surface area contributed by atoms with Crippen molar-refractivity contribution in [3.8, 4) is 5.75 Å².